The van der Waals surface area contributed by atoms with Crippen LogP contribution in [0.3, 0.4) is 0 Å². The molecule has 0 bridgehead atoms. The molecule has 1 aromatic carbocycles. The molecule has 1 saturated carbocycles. The Labute approximate surface area is 160 Å². The quantitative estimate of drug-likeness (QED) is 0.754. The molecular weight excluding hydrogens is 340 g/mol. The van der Waals surface area contributed by atoms with Crippen LogP contribution in [-0.2, 0) is 35.7 Å². The van der Waals surface area contributed by atoms with Gasteiger partial charge in [0.05, 0.1) is 13.2 Å². The van der Waals surface area contributed by atoms with Crippen LogP contribution in [0.25, 0.3) is 0 Å². The standard InChI is InChI=1S/C22H26N2O3/c1-26-13-16-4-6-18(7-5-16)22(25)24-9-8-21-19(12-24)10-23-11-20(21)15-27-14-17-2-3-17/h4-7,10-11,17H,2-3,8-9,12-15H2,1H3. The Kier molecular flexibility index (Phi) is 5.50. The zero-order valence-electron chi connectivity index (χ0n) is 15.8. The van der Waals surface area contributed by atoms with Crippen molar-refractivity contribution in [1.82, 2.24) is 9.88 Å². The molecule has 27 heavy (non-hydrogen) atoms. The number of amides is 1. The predicted molar refractivity (Wildman–Crippen MR) is 102 cm³/mol. The van der Waals surface area contributed by atoms with Crippen molar-refractivity contribution in [2.75, 3.05) is 20.3 Å². The van der Waals surface area contributed by atoms with Gasteiger partial charge in [-0.2, -0.15) is 0 Å². The first-order valence-electron chi connectivity index (χ1n) is 9.64. The lowest BCUT2D eigenvalue weighted by atomic mass is 9.97. The zero-order valence-corrected chi connectivity index (χ0v) is 15.8. The van der Waals surface area contributed by atoms with Gasteiger partial charge in [-0.25, -0.2) is 0 Å². The molecule has 5 heteroatoms. The maximum absolute atomic E-state index is 12.9. The molecule has 1 amide bonds. The second kappa shape index (κ2) is 8.19. The van der Waals surface area contributed by atoms with Gasteiger partial charge in [0.15, 0.2) is 0 Å². The van der Waals surface area contributed by atoms with E-state index in [0.29, 0.717) is 19.8 Å². The number of methoxy groups -OCH3 is 1. The molecule has 1 fully saturated rings. The summed E-state index contributed by atoms with van der Waals surface area (Å²) >= 11 is 0. The van der Waals surface area contributed by atoms with E-state index in [-0.39, 0.29) is 5.91 Å². The van der Waals surface area contributed by atoms with Gasteiger partial charge in [-0.05, 0) is 59.6 Å². The van der Waals surface area contributed by atoms with E-state index in [2.05, 4.69) is 4.98 Å². The maximum atomic E-state index is 12.9. The Balaban J connectivity index is 1.42. The van der Waals surface area contributed by atoms with E-state index in [0.717, 1.165) is 42.2 Å². The molecular formula is C22H26N2O3. The zero-order chi connectivity index (χ0) is 18.6. The lowest BCUT2D eigenvalue weighted by molar-refractivity contribution is 0.0732. The van der Waals surface area contributed by atoms with E-state index in [1.165, 1.54) is 24.0 Å². The summed E-state index contributed by atoms with van der Waals surface area (Å²) in [6.07, 6.45) is 7.26. The lowest BCUT2D eigenvalue weighted by Gasteiger charge is -2.30. The van der Waals surface area contributed by atoms with Crippen molar-refractivity contribution in [3.63, 3.8) is 0 Å². The molecule has 0 unspecified atom stereocenters. The first-order chi connectivity index (χ1) is 13.2. The molecule has 2 aliphatic rings. The van der Waals surface area contributed by atoms with Gasteiger partial charge in [0.2, 0.25) is 0 Å². The molecule has 0 radical (unpaired) electrons. The fourth-order valence-corrected chi connectivity index (χ4v) is 3.58. The third kappa shape index (κ3) is 4.37. The summed E-state index contributed by atoms with van der Waals surface area (Å²) in [5.74, 6) is 0.834. The minimum Gasteiger partial charge on any atom is -0.380 e. The highest BCUT2D eigenvalue weighted by Gasteiger charge is 2.25. The fraction of sp³-hybridized carbons (Fsp3) is 0.455. The highest BCUT2D eigenvalue weighted by atomic mass is 16.5. The lowest BCUT2D eigenvalue weighted by Crippen LogP contribution is -2.36. The fourth-order valence-electron chi connectivity index (χ4n) is 3.58. The highest BCUT2D eigenvalue weighted by Crippen LogP contribution is 2.29. The average Bonchev–Trinajstić information content (AvgIpc) is 3.52. The molecule has 4 rings (SSSR count). The Morgan fingerprint density at radius 2 is 2.00 bits per heavy atom. The summed E-state index contributed by atoms with van der Waals surface area (Å²) in [5, 5.41) is 0. The van der Waals surface area contributed by atoms with Crippen LogP contribution >= 0.6 is 0 Å². The largest absolute Gasteiger partial charge is 0.380 e. The highest BCUT2D eigenvalue weighted by molar-refractivity contribution is 5.94. The van der Waals surface area contributed by atoms with Crippen LogP contribution < -0.4 is 0 Å². The molecule has 0 atom stereocenters. The molecule has 0 spiro atoms. The maximum Gasteiger partial charge on any atom is 0.254 e. The first kappa shape index (κ1) is 18.1. The monoisotopic (exact) mass is 366 g/mol. The summed E-state index contributed by atoms with van der Waals surface area (Å²) in [4.78, 5) is 19.2. The third-order valence-electron chi connectivity index (χ3n) is 5.34. The Morgan fingerprint density at radius 1 is 1.19 bits per heavy atom. The molecule has 1 aliphatic carbocycles. The summed E-state index contributed by atoms with van der Waals surface area (Å²) in [5.41, 5.74) is 5.40. The number of pyridine rings is 1. The van der Waals surface area contributed by atoms with Crippen LogP contribution in [0, 0.1) is 5.92 Å². The van der Waals surface area contributed by atoms with Crippen molar-refractivity contribution in [2.24, 2.45) is 5.92 Å². The van der Waals surface area contributed by atoms with E-state index >= 15 is 0 Å². The van der Waals surface area contributed by atoms with E-state index in [9.17, 15) is 4.79 Å². The van der Waals surface area contributed by atoms with Crippen molar-refractivity contribution in [3.05, 3.63) is 64.5 Å². The number of hydrogen-bond acceptors (Lipinski definition) is 4. The summed E-state index contributed by atoms with van der Waals surface area (Å²) in [7, 11) is 1.67. The summed E-state index contributed by atoms with van der Waals surface area (Å²) < 4.78 is 11.0. The molecule has 0 saturated heterocycles. The van der Waals surface area contributed by atoms with E-state index < -0.39 is 0 Å². The van der Waals surface area contributed by atoms with Gasteiger partial charge >= 0.3 is 0 Å². The Morgan fingerprint density at radius 3 is 2.74 bits per heavy atom. The number of aromatic nitrogens is 1. The van der Waals surface area contributed by atoms with Crippen LogP contribution in [0.1, 0.15) is 45.5 Å². The van der Waals surface area contributed by atoms with Crippen molar-refractivity contribution in [3.8, 4) is 0 Å². The number of carbonyl (C=O) groups excluding carboxylic acids is 1. The summed E-state index contributed by atoms with van der Waals surface area (Å²) in [6, 6.07) is 7.66. The van der Waals surface area contributed by atoms with Gasteiger partial charge in [0.25, 0.3) is 5.91 Å². The SMILES string of the molecule is COCc1ccc(C(=O)N2CCc3c(COCC4CC4)cncc3C2)cc1. The molecule has 2 heterocycles. The van der Waals surface area contributed by atoms with E-state index in [4.69, 9.17) is 9.47 Å². The van der Waals surface area contributed by atoms with Crippen LogP contribution in [0.5, 0.6) is 0 Å². The predicted octanol–water partition coefficient (Wildman–Crippen LogP) is 3.35. The normalized spacial score (nSPS) is 16.3. The van der Waals surface area contributed by atoms with Gasteiger partial charge in [-0.15, -0.1) is 0 Å². The molecule has 2 aromatic rings. The summed E-state index contributed by atoms with van der Waals surface area (Å²) in [6.45, 7) is 3.38. The number of carbonyl (C=O) groups is 1. The second-order valence-corrected chi connectivity index (χ2v) is 7.50. The smallest absolute Gasteiger partial charge is 0.254 e. The van der Waals surface area contributed by atoms with E-state index in [1.807, 2.05) is 41.6 Å². The minimum absolute atomic E-state index is 0.0694. The van der Waals surface area contributed by atoms with Crippen molar-refractivity contribution < 1.29 is 14.3 Å². The number of ether oxygens (including phenoxy) is 2. The molecule has 5 nitrogen and oxygen atoms in total. The third-order valence-corrected chi connectivity index (χ3v) is 5.34. The van der Waals surface area contributed by atoms with E-state index in [1.54, 1.807) is 7.11 Å². The van der Waals surface area contributed by atoms with Crippen LogP contribution in [0.2, 0.25) is 0 Å². The van der Waals surface area contributed by atoms with Crippen LogP contribution in [0.4, 0.5) is 0 Å². The number of rotatable bonds is 7. The number of benzene rings is 1. The molecule has 1 aliphatic heterocycles. The Hall–Kier alpha value is -2.24. The first-order valence-corrected chi connectivity index (χ1v) is 9.64. The van der Waals surface area contributed by atoms with Crippen LogP contribution in [0.15, 0.2) is 36.7 Å². The van der Waals surface area contributed by atoms with Crippen LogP contribution in [-0.4, -0.2) is 36.1 Å². The van der Waals surface area contributed by atoms with Gasteiger partial charge in [0.1, 0.15) is 0 Å². The minimum atomic E-state index is 0.0694. The number of fused-ring (bicyclic) bond motifs is 1. The topological polar surface area (TPSA) is 51.7 Å². The van der Waals surface area contributed by atoms with Gasteiger partial charge < -0.3 is 14.4 Å². The van der Waals surface area contributed by atoms with Crippen molar-refractivity contribution in [1.29, 1.82) is 0 Å². The van der Waals surface area contributed by atoms with Gasteiger partial charge in [0, 0.05) is 44.8 Å². The van der Waals surface area contributed by atoms with Crippen molar-refractivity contribution in [2.45, 2.75) is 39.0 Å². The Bertz CT molecular complexity index is 800. The van der Waals surface area contributed by atoms with Crippen molar-refractivity contribution >= 4 is 5.91 Å². The molecule has 1 aromatic heterocycles. The van der Waals surface area contributed by atoms with Gasteiger partial charge in [-0.1, -0.05) is 12.1 Å². The second-order valence-electron chi connectivity index (χ2n) is 7.50. The van der Waals surface area contributed by atoms with Gasteiger partial charge in [-0.3, -0.25) is 9.78 Å². The average molecular weight is 366 g/mol. The molecule has 142 valence electrons. The number of nitrogens with zero attached hydrogens (tertiary/aromatic N) is 2. The number of hydrogen-bond donors (Lipinski definition) is 0. The molecule has 0 N–H and O–H groups in total.